The molecule has 0 spiro atoms. The highest BCUT2D eigenvalue weighted by atomic mass is 35.5. The molecule has 2 aromatic rings. The maximum absolute atomic E-state index is 6.25. The molecule has 23 heavy (non-hydrogen) atoms. The van der Waals surface area contributed by atoms with Gasteiger partial charge in [0.15, 0.2) is 0 Å². The number of hydrogen-bond acceptors (Lipinski definition) is 0. The largest absolute Gasteiger partial charge is 0.0929 e. The van der Waals surface area contributed by atoms with E-state index in [0.29, 0.717) is 5.54 Å². The van der Waals surface area contributed by atoms with Gasteiger partial charge in [-0.1, -0.05) is 92.7 Å². The smallest absolute Gasteiger partial charge is 0.0752 e. The second-order valence-corrected chi connectivity index (χ2v) is 11.9. The van der Waals surface area contributed by atoms with Gasteiger partial charge in [-0.3, -0.25) is 0 Å². The lowest BCUT2D eigenvalue weighted by Gasteiger charge is -2.34. The number of hydrogen-bond donors (Lipinski definition) is 0. The molecule has 0 saturated carbocycles. The van der Waals surface area contributed by atoms with Gasteiger partial charge in [-0.25, -0.2) is 0 Å². The highest BCUT2D eigenvalue weighted by molar-refractivity contribution is 6.81. The molecule has 0 heterocycles. The molecule has 0 fully saturated rings. The lowest BCUT2D eigenvalue weighted by molar-refractivity contribution is 1.04. The van der Waals surface area contributed by atoms with Crippen molar-refractivity contribution in [3.63, 3.8) is 0 Å². The molecule has 0 nitrogen and oxygen atoms in total. The van der Waals surface area contributed by atoms with Crippen molar-refractivity contribution < 1.29 is 0 Å². The van der Waals surface area contributed by atoms with Crippen LogP contribution in [-0.2, 0) is 0 Å². The summed E-state index contributed by atoms with van der Waals surface area (Å²) in [5.41, 5.74) is 2.71. The van der Waals surface area contributed by atoms with Crippen LogP contribution in [0.25, 0.3) is 0 Å². The zero-order chi connectivity index (χ0) is 16.7. The van der Waals surface area contributed by atoms with Crippen LogP contribution < -0.4 is 0 Å². The minimum absolute atomic E-state index is 0.335. The summed E-state index contributed by atoms with van der Waals surface area (Å²) in [6.07, 6.45) is 0. The van der Waals surface area contributed by atoms with Crippen LogP contribution in [0.1, 0.15) is 37.4 Å². The third kappa shape index (κ3) is 4.28. The highest BCUT2D eigenvalue weighted by Gasteiger charge is 2.36. The fraction of sp³-hybridized carbons (Fsp3) is 0.333. The molecule has 0 N–H and O–H groups in total. The standard InChI is InChI=1S/C21H25ClSi/c1-4-23(5-2,6-3)21(19-13-10-14-20(22)17-19)16-15-18-11-8-7-9-12-18/h7-14,17,21H,4-6H2,1-3H3. The van der Waals surface area contributed by atoms with Crippen molar-refractivity contribution in [2.24, 2.45) is 0 Å². The second-order valence-electron chi connectivity index (χ2n) is 6.05. The first-order valence-corrected chi connectivity index (χ1v) is 11.5. The van der Waals surface area contributed by atoms with E-state index < -0.39 is 8.07 Å². The van der Waals surface area contributed by atoms with Gasteiger partial charge < -0.3 is 0 Å². The molecule has 0 amide bonds. The molecule has 120 valence electrons. The summed E-state index contributed by atoms with van der Waals surface area (Å²) in [6, 6.07) is 22.3. The molecular weight excluding hydrogens is 316 g/mol. The van der Waals surface area contributed by atoms with Gasteiger partial charge in [-0.2, -0.15) is 0 Å². The molecule has 1 atom stereocenters. The molecule has 0 bridgehead atoms. The summed E-state index contributed by atoms with van der Waals surface area (Å²) in [5.74, 6) is 7.04. The molecular formula is C21H25ClSi. The zero-order valence-electron chi connectivity index (χ0n) is 14.3. The zero-order valence-corrected chi connectivity index (χ0v) is 16.0. The first-order chi connectivity index (χ1) is 11.1. The maximum Gasteiger partial charge on any atom is 0.0752 e. The minimum atomic E-state index is -1.50. The monoisotopic (exact) mass is 340 g/mol. The van der Waals surface area contributed by atoms with Crippen LogP contribution >= 0.6 is 11.6 Å². The first-order valence-electron chi connectivity index (χ1n) is 8.47. The van der Waals surface area contributed by atoms with Crippen LogP contribution in [-0.4, -0.2) is 8.07 Å². The Morgan fingerprint density at radius 1 is 0.913 bits per heavy atom. The van der Waals surface area contributed by atoms with Gasteiger partial charge in [-0.15, -0.1) is 0 Å². The van der Waals surface area contributed by atoms with E-state index in [9.17, 15) is 0 Å². The first kappa shape index (κ1) is 17.9. The van der Waals surface area contributed by atoms with Gasteiger partial charge in [-0.05, 0) is 29.8 Å². The van der Waals surface area contributed by atoms with Gasteiger partial charge >= 0.3 is 0 Å². The van der Waals surface area contributed by atoms with E-state index in [-0.39, 0.29) is 0 Å². The Hall–Kier alpha value is -1.49. The van der Waals surface area contributed by atoms with E-state index in [1.807, 2.05) is 24.3 Å². The van der Waals surface area contributed by atoms with Crippen molar-refractivity contribution in [3.8, 4) is 11.8 Å². The number of benzene rings is 2. The van der Waals surface area contributed by atoms with Crippen molar-refractivity contribution in [2.75, 3.05) is 0 Å². The maximum atomic E-state index is 6.25. The molecule has 0 aliphatic carbocycles. The van der Waals surface area contributed by atoms with Gasteiger partial charge in [0.2, 0.25) is 0 Å². The molecule has 2 heteroatoms. The van der Waals surface area contributed by atoms with Crippen LogP contribution in [0.4, 0.5) is 0 Å². The lowest BCUT2D eigenvalue weighted by atomic mass is 10.1. The van der Waals surface area contributed by atoms with Gasteiger partial charge in [0.25, 0.3) is 0 Å². The van der Waals surface area contributed by atoms with E-state index in [0.717, 1.165) is 10.6 Å². The van der Waals surface area contributed by atoms with E-state index >= 15 is 0 Å². The number of halogens is 1. The molecule has 0 aliphatic heterocycles. The molecule has 0 aromatic heterocycles. The normalized spacial score (nSPS) is 12.3. The van der Waals surface area contributed by atoms with Crippen LogP contribution in [0.5, 0.6) is 0 Å². The second kappa shape index (κ2) is 8.38. The lowest BCUT2D eigenvalue weighted by Crippen LogP contribution is -2.39. The van der Waals surface area contributed by atoms with Crippen LogP contribution in [0.2, 0.25) is 23.2 Å². The quantitative estimate of drug-likeness (QED) is 0.429. The molecule has 0 aliphatic rings. The van der Waals surface area contributed by atoms with Gasteiger partial charge in [0.1, 0.15) is 0 Å². The summed E-state index contributed by atoms with van der Waals surface area (Å²) >= 11 is 6.25. The van der Waals surface area contributed by atoms with Crippen molar-refractivity contribution in [3.05, 3.63) is 70.7 Å². The Morgan fingerprint density at radius 2 is 1.57 bits per heavy atom. The summed E-state index contributed by atoms with van der Waals surface area (Å²) in [7, 11) is -1.50. The van der Waals surface area contributed by atoms with E-state index in [1.165, 1.54) is 23.7 Å². The van der Waals surface area contributed by atoms with Crippen molar-refractivity contribution in [1.82, 2.24) is 0 Å². The topological polar surface area (TPSA) is 0 Å². The molecule has 2 aromatic carbocycles. The predicted octanol–water partition coefficient (Wildman–Crippen LogP) is 6.52. The molecule has 0 radical (unpaired) electrons. The van der Waals surface area contributed by atoms with Crippen LogP contribution in [0.3, 0.4) is 0 Å². The van der Waals surface area contributed by atoms with E-state index in [2.05, 4.69) is 62.9 Å². The molecule has 2 rings (SSSR count). The Morgan fingerprint density at radius 3 is 2.13 bits per heavy atom. The summed E-state index contributed by atoms with van der Waals surface area (Å²) in [5, 5.41) is 0.806. The summed E-state index contributed by atoms with van der Waals surface area (Å²) in [6.45, 7) is 7.00. The van der Waals surface area contributed by atoms with E-state index in [1.54, 1.807) is 0 Å². The van der Waals surface area contributed by atoms with Crippen molar-refractivity contribution in [1.29, 1.82) is 0 Å². The van der Waals surface area contributed by atoms with Crippen molar-refractivity contribution >= 4 is 19.7 Å². The highest BCUT2D eigenvalue weighted by Crippen LogP contribution is 2.36. The summed E-state index contributed by atoms with van der Waals surface area (Å²) in [4.78, 5) is 0. The third-order valence-corrected chi connectivity index (χ3v) is 11.2. The SMILES string of the molecule is CC[Si](CC)(CC)C(C#Cc1ccccc1)c1cccc(Cl)c1. The average Bonchev–Trinajstić information content (AvgIpc) is 2.60. The van der Waals surface area contributed by atoms with Gasteiger partial charge in [0, 0.05) is 16.1 Å². The van der Waals surface area contributed by atoms with Crippen LogP contribution in [0.15, 0.2) is 54.6 Å². The third-order valence-electron chi connectivity index (χ3n) is 5.04. The molecule has 0 saturated heterocycles. The minimum Gasteiger partial charge on any atom is -0.0929 e. The fourth-order valence-electron chi connectivity index (χ4n) is 3.32. The average molecular weight is 341 g/mol. The Labute approximate surface area is 146 Å². The Kier molecular flexibility index (Phi) is 6.51. The van der Waals surface area contributed by atoms with Gasteiger partial charge in [0.05, 0.1) is 8.07 Å². The summed E-state index contributed by atoms with van der Waals surface area (Å²) < 4.78 is 0. The fourth-order valence-corrected chi connectivity index (χ4v) is 7.50. The van der Waals surface area contributed by atoms with E-state index in [4.69, 9.17) is 11.6 Å². The van der Waals surface area contributed by atoms with Crippen molar-refractivity contribution in [2.45, 2.75) is 44.4 Å². The molecule has 1 unspecified atom stereocenters. The van der Waals surface area contributed by atoms with Crippen LogP contribution in [0, 0.1) is 11.8 Å². The Balaban J connectivity index is 2.50. The number of rotatable bonds is 5. The predicted molar refractivity (Wildman–Crippen MR) is 105 cm³/mol. The Bertz CT molecular complexity index is 669.